The van der Waals surface area contributed by atoms with Crippen molar-refractivity contribution in [1.82, 2.24) is 5.32 Å². The number of amides is 2. The predicted octanol–water partition coefficient (Wildman–Crippen LogP) is 1.94. The molecule has 2 N–H and O–H groups in total. The smallest absolute Gasteiger partial charge is 0.259 e. The van der Waals surface area contributed by atoms with Crippen LogP contribution in [0.5, 0.6) is 11.5 Å². The van der Waals surface area contributed by atoms with E-state index in [0.29, 0.717) is 22.7 Å². The van der Waals surface area contributed by atoms with Gasteiger partial charge in [0.1, 0.15) is 17.1 Å². The van der Waals surface area contributed by atoms with E-state index >= 15 is 0 Å². The van der Waals surface area contributed by atoms with Gasteiger partial charge < -0.3 is 20.1 Å². The first-order valence-corrected chi connectivity index (χ1v) is 7.38. The van der Waals surface area contributed by atoms with Gasteiger partial charge in [-0.1, -0.05) is 6.07 Å². The number of hydrogen-bond donors (Lipinski definition) is 2. The Bertz CT molecular complexity index is 788. The van der Waals surface area contributed by atoms with Crippen LogP contribution in [0.15, 0.2) is 42.5 Å². The van der Waals surface area contributed by atoms with E-state index in [0.717, 1.165) is 0 Å². The molecule has 0 atom stereocenters. The first-order chi connectivity index (χ1) is 12.1. The zero-order valence-corrected chi connectivity index (χ0v) is 13.8. The number of nitrogens with one attached hydrogen (secondary N) is 2. The summed E-state index contributed by atoms with van der Waals surface area (Å²) in [5.74, 6) is -0.176. The maximum absolute atomic E-state index is 12.4. The minimum atomic E-state index is -0.482. The monoisotopic (exact) mass is 339 g/mol. The molecule has 0 aliphatic rings. The molecule has 0 saturated heterocycles. The summed E-state index contributed by atoms with van der Waals surface area (Å²) >= 11 is 0. The summed E-state index contributed by atoms with van der Waals surface area (Å²) in [6.45, 7) is -0.222. The van der Waals surface area contributed by atoms with Crippen LogP contribution in [0.3, 0.4) is 0 Å². The SMILES string of the molecule is COc1cccc(OC)c1C(=O)NCC(=O)Nc1ccc(C#N)cc1. The summed E-state index contributed by atoms with van der Waals surface area (Å²) in [4.78, 5) is 24.3. The van der Waals surface area contributed by atoms with E-state index in [9.17, 15) is 9.59 Å². The fourth-order valence-electron chi connectivity index (χ4n) is 2.16. The molecule has 0 aliphatic carbocycles. The Morgan fingerprint density at radius 3 is 2.16 bits per heavy atom. The lowest BCUT2D eigenvalue weighted by molar-refractivity contribution is -0.115. The third-order valence-electron chi connectivity index (χ3n) is 3.36. The van der Waals surface area contributed by atoms with Crippen LogP contribution in [-0.2, 0) is 4.79 Å². The fourth-order valence-corrected chi connectivity index (χ4v) is 2.16. The van der Waals surface area contributed by atoms with Crippen LogP contribution >= 0.6 is 0 Å². The molecule has 25 heavy (non-hydrogen) atoms. The molecule has 0 aliphatic heterocycles. The third-order valence-corrected chi connectivity index (χ3v) is 3.36. The lowest BCUT2D eigenvalue weighted by Crippen LogP contribution is -2.33. The summed E-state index contributed by atoms with van der Waals surface area (Å²) in [7, 11) is 2.90. The van der Waals surface area contributed by atoms with Gasteiger partial charge in [0.25, 0.3) is 5.91 Å². The number of anilines is 1. The summed E-state index contributed by atoms with van der Waals surface area (Å²) < 4.78 is 10.3. The molecule has 0 unspecified atom stereocenters. The zero-order valence-electron chi connectivity index (χ0n) is 13.8. The first-order valence-electron chi connectivity index (χ1n) is 7.38. The minimum Gasteiger partial charge on any atom is -0.496 e. The number of ether oxygens (including phenoxy) is 2. The van der Waals surface area contributed by atoms with Gasteiger partial charge in [-0.05, 0) is 36.4 Å². The van der Waals surface area contributed by atoms with E-state index in [2.05, 4.69) is 10.6 Å². The topological polar surface area (TPSA) is 100 Å². The van der Waals surface area contributed by atoms with Crippen molar-refractivity contribution in [2.24, 2.45) is 0 Å². The Kier molecular flexibility index (Phi) is 5.96. The molecule has 0 bridgehead atoms. The van der Waals surface area contributed by atoms with E-state index < -0.39 is 11.8 Å². The largest absolute Gasteiger partial charge is 0.496 e. The molecule has 2 aromatic carbocycles. The average molecular weight is 339 g/mol. The minimum absolute atomic E-state index is 0.221. The van der Waals surface area contributed by atoms with Crippen molar-refractivity contribution >= 4 is 17.5 Å². The van der Waals surface area contributed by atoms with Crippen molar-refractivity contribution < 1.29 is 19.1 Å². The maximum atomic E-state index is 12.4. The van der Waals surface area contributed by atoms with Crippen LogP contribution in [0.2, 0.25) is 0 Å². The highest BCUT2D eigenvalue weighted by molar-refractivity contribution is 6.02. The van der Waals surface area contributed by atoms with E-state index in [-0.39, 0.29) is 12.1 Å². The van der Waals surface area contributed by atoms with Crippen molar-refractivity contribution in [2.75, 3.05) is 26.1 Å². The molecule has 2 rings (SSSR count). The second-order valence-corrected chi connectivity index (χ2v) is 4.96. The van der Waals surface area contributed by atoms with Gasteiger partial charge in [0.2, 0.25) is 5.91 Å². The van der Waals surface area contributed by atoms with Gasteiger partial charge in [0, 0.05) is 5.69 Å². The highest BCUT2D eigenvalue weighted by Gasteiger charge is 2.18. The third kappa shape index (κ3) is 4.48. The van der Waals surface area contributed by atoms with Crippen molar-refractivity contribution in [3.63, 3.8) is 0 Å². The first kappa shape index (κ1) is 17.8. The van der Waals surface area contributed by atoms with E-state index in [1.165, 1.54) is 14.2 Å². The van der Waals surface area contributed by atoms with Crippen LogP contribution < -0.4 is 20.1 Å². The Morgan fingerprint density at radius 1 is 1.04 bits per heavy atom. The van der Waals surface area contributed by atoms with Gasteiger partial charge in [0.05, 0.1) is 32.4 Å². The Morgan fingerprint density at radius 2 is 1.64 bits per heavy atom. The molecule has 0 radical (unpaired) electrons. The molecular weight excluding hydrogens is 322 g/mol. The van der Waals surface area contributed by atoms with Gasteiger partial charge in [-0.2, -0.15) is 5.26 Å². The normalized spacial score (nSPS) is 9.64. The summed E-state index contributed by atoms with van der Waals surface area (Å²) in [5, 5.41) is 13.9. The quantitative estimate of drug-likeness (QED) is 0.838. The van der Waals surface area contributed by atoms with Crippen LogP contribution in [0.4, 0.5) is 5.69 Å². The number of nitrogens with zero attached hydrogens (tertiary/aromatic N) is 1. The molecule has 7 heteroatoms. The average Bonchev–Trinajstić information content (AvgIpc) is 2.65. The molecule has 7 nitrogen and oxygen atoms in total. The molecule has 0 aromatic heterocycles. The second kappa shape index (κ2) is 8.36. The molecule has 128 valence electrons. The Hall–Kier alpha value is -3.53. The van der Waals surface area contributed by atoms with Gasteiger partial charge in [-0.15, -0.1) is 0 Å². The van der Waals surface area contributed by atoms with Gasteiger partial charge in [-0.25, -0.2) is 0 Å². The number of carbonyl (C=O) groups excluding carboxylic acids is 2. The van der Waals surface area contributed by atoms with Crippen LogP contribution in [-0.4, -0.2) is 32.6 Å². The van der Waals surface area contributed by atoms with Crippen molar-refractivity contribution in [1.29, 1.82) is 5.26 Å². The fraction of sp³-hybridized carbons (Fsp3) is 0.167. The van der Waals surface area contributed by atoms with E-state index in [1.807, 2.05) is 6.07 Å². The highest BCUT2D eigenvalue weighted by atomic mass is 16.5. The summed E-state index contributed by atoms with van der Waals surface area (Å²) in [5.41, 5.74) is 1.25. The number of methoxy groups -OCH3 is 2. The lowest BCUT2D eigenvalue weighted by atomic mass is 10.1. The highest BCUT2D eigenvalue weighted by Crippen LogP contribution is 2.27. The summed E-state index contributed by atoms with van der Waals surface area (Å²) in [6.07, 6.45) is 0. The molecule has 2 amide bonds. The number of nitriles is 1. The van der Waals surface area contributed by atoms with E-state index in [4.69, 9.17) is 14.7 Å². The summed E-state index contributed by atoms with van der Waals surface area (Å²) in [6, 6.07) is 13.4. The van der Waals surface area contributed by atoms with Crippen molar-refractivity contribution in [3.8, 4) is 17.6 Å². The number of hydrogen-bond acceptors (Lipinski definition) is 5. The van der Waals surface area contributed by atoms with Crippen LogP contribution in [0.25, 0.3) is 0 Å². The molecule has 0 heterocycles. The number of carbonyl (C=O) groups is 2. The van der Waals surface area contributed by atoms with Crippen molar-refractivity contribution in [2.45, 2.75) is 0 Å². The van der Waals surface area contributed by atoms with Gasteiger partial charge >= 0.3 is 0 Å². The maximum Gasteiger partial charge on any atom is 0.259 e. The number of rotatable bonds is 6. The Balaban J connectivity index is 2.00. The molecule has 0 fully saturated rings. The predicted molar refractivity (Wildman–Crippen MR) is 91.7 cm³/mol. The van der Waals surface area contributed by atoms with Gasteiger partial charge in [-0.3, -0.25) is 9.59 Å². The standard InChI is InChI=1S/C18H17N3O4/c1-24-14-4-3-5-15(25-2)17(14)18(23)20-11-16(22)21-13-8-6-12(10-19)7-9-13/h3-9H,11H2,1-2H3,(H,20,23)(H,21,22). The molecule has 0 saturated carbocycles. The zero-order chi connectivity index (χ0) is 18.2. The van der Waals surface area contributed by atoms with Crippen molar-refractivity contribution in [3.05, 3.63) is 53.6 Å². The molecular formula is C18H17N3O4. The second-order valence-electron chi connectivity index (χ2n) is 4.96. The molecule has 0 spiro atoms. The Labute approximate surface area is 145 Å². The van der Waals surface area contributed by atoms with Crippen LogP contribution in [0.1, 0.15) is 15.9 Å². The van der Waals surface area contributed by atoms with Gasteiger partial charge in [0.15, 0.2) is 0 Å². The van der Waals surface area contributed by atoms with E-state index in [1.54, 1.807) is 42.5 Å². The lowest BCUT2D eigenvalue weighted by Gasteiger charge is -2.13. The van der Waals surface area contributed by atoms with Crippen LogP contribution in [0, 0.1) is 11.3 Å². The molecule has 2 aromatic rings. The number of benzene rings is 2.